The van der Waals surface area contributed by atoms with E-state index in [2.05, 4.69) is 0 Å². The zero-order valence-electron chi connectivity index (χ0n) is 8.19. The highest BCUT2D eigenvalue weighted by molar-refractivity contribution is 7.89. The van der Waals surface area contributed by atoms with Crippen LogP contribution >= 0.6 is 11.6 Å². The Balaban J connectivity index is 2.37. The van der Waals surface area contributed by atoms with Crippen LogP contribution in [0, 0.1) is 5.92 Å². The van der Waals surface area contributed by atoms with Crippen molar-refractivity contribution >= 4 is 21.6 Å². The largest absolute Gasteiger partial charge is 0.393 e. The summed E-state index contributed by atoms with van der Waals surface area (Å²) in [5.41, 5.74) is 0. The van der Waals surface area contributed by atoms with E-state index in [0.717, 1.165) is 0 Å². The lowest BCUT2D eigenvalue weighted by Crippen LogP contribution is -2.40. The van der Waals surface area contributed by atoms with Crippen LogP contribution in [0.2, 0.25) is 0 Å². The molecular formula is C8H16ClNO3S. The summed E-state index contributed by atoms with van der Waals surface area (Å²) in [4.78, 5) is 0. The fourth-order valence-electron chi connectivity index (χ4n) is 1.58. The minimum atomic E-state index is -3.18. The molecule has 0 heterocycles. The average Bonchev–Trinajstić information content (AvgIpc) is 2.01. The Labute approximate surface area is 89.9 Å². The van der Waals surface area contributed by atoms with Crippen molar-refractivity contribution in [3.8, 4) is 0 Å². The maximum atomic E-state index is 11.5. The molecule has 0 saturated heterocycles. The second kappa shape index (κ2) is 4.79. The number of hydrogen-bond donors (Lipinski definition) is 1. The number of nitrogens with zero attached hydrogens (tertiary/aromatic N) is 1. The Morgan fingerprint density at radius 1 is 1.50 bits per heavy atom. The lowest BCUT2D eigenvalue weighted by molar-refractivity contribution is 0.0367. The van der Waals surface area contributed by atoms with E-state index in [0.29, 0.717) is 25.3 Å². The molecule has 0 aromatic heterocycles. The van der Waals surface area contributed by atoms with Crippen LogP contribution in [-0.4, -0.2) is 49.2 Å². The van der Waals surface area contributed by atoms with E-state index < -0.39 is 10.0 Å². The molecule has 6 heteroatoms. The van der Waals surface area contributed by atoms with Crippen LogP contribution in [0.5, 0.6) is 0 Å². The molecule has 0 aromatic rings. The summed E-state index contributed by atoms with van der Waals surface area (Å²) in [7, 11) is -1.62. The van der Waals surface area contributed by atoms with E-state index in [1.165, 1.54) is 4.31 Å². The van der Waals surface area contributed by atoms with Gasteiger partial charge in [-0.2, -0.15) is 0 Å². The first kappa shape index (κ1) is 12.2. The van der Waals surface area contributed by atoms with Crippen LogP contribution in [0.1, 0.15) is 12.8 Å². The molecule has 14 heavy (non-hydrogen) atoms. The van der Waals surface area contributed by atoms with E-state index in [1.807, 2.05) is 0 Å². The summed E-state index contributed by atoms with van der Waals surface area (Å²) in [6.07, 6.45) is 1.19. The van der Waals surface area contributed by atoms with Crippen LogP contribution < -0.4 is 0 Å². The second-order valence-corrected chi connectivity index (χ2v) is 6.35. The number of alkyl halides is 1. The van der Waals surface area contributed by atoms with Crippen molar-refractivity contribution in [3.05, 3.63) is 0 Å². The lowest BCUT2D eigenvalue weighted by atomic mass is 9.82. The molecule has 1 fully saturated rings. The third kappa shape index (κ3) is 3.08. The van der Waals surface area contributed by atoms with Gasteiger partial charge in [0.25, 0.3) is 0 Å². The van der Waals surface area contributed by atoms with Crippen molar-refractivity contribution in [2.45, 2.75) is 18.9 Å². The number of sulfonamides is 1. The first-order chi connectivity index (χ1) is 6.45. The van der Waals surface area contributed by atoms with Crippen LogP contribution in [0.4, 0.5) is 0 Å². The molecule has 0 spiro atoms. The molecule has 1 saturated carbocycles. The summed E-state index contributed by atoms with van der Waals surface area (Å²) in [6.45, 7) is 0.496. The summed E-state index contributed by atoms with van der Waals surface area (Å²) in [6, 6.07) is 0. The van der Waals surface area contributed by atoms with Gasteiger partial charge in [0.1, 0.15) is 0 Å². The Morgan fingerprint density at radius 2 is 2.07 bits per heavy atom. The topological polar surface area (TPSA) is 57.6 Å². The normalized spacial score (nSPS) is 27.7. The smallest absolute Gasteiger partial charge is 0.215 e. The van der Waals surface area contributed by atoms with Gasteiger partial charge >= 0.3 is 0 Å². The molecule has 0 aromatic carbocycles. The minimum absolute atomic E-state index is 0.0136. The molecule has 0 amide bonds. The molecule has 0 unspecified atom stereocenters. The van der Waals surface area contributed by atoms with E-state index in [-0.39, 0.29) is 17.7 Å². The second-order valence-electron chi connectivity index (χ2n) is 3.78. The van der Waals surface area contributed by atoms with Crippen molar-refractivity contribution in [1.82, 2.24) is 4.31 Å². The Bertz CT molecular complexity index is 274. The number of rotatable bonds is 5. The lowest BCUT2D eigenvalue weighted by Gasteiger charge is -2.33. The molecule has 0 radical (unpaired) electrons. The van der Waals surface area contributed by atoms with Crippen LogP contribution in [0.15, 0.2) is 0 Å². The summed E-state index contributed by atoms with van der Waals surface area (Å²) in [5.74, 6) is 0.417. The molecule has 1 aliphatic rings. The quantitative estimate of drug-likeness (QED) is 0.703. The first-order valence-corrected chi connectivity index (χ1v) is 6.78. The Morgan fingerprint density at radius 3 is 2.50 bits per heavy atom. The van der Waals surface area contributed by atoms with Gasteiger partial charge in [0.05, 0.1) is 11.9 Å². The zero-order valence-corrected chi connectivity index (χ0v) is 9.76. The van der Waals surface area contributed by atoms with Gasteiger partial charge in [-0.05, 0) is 18.8 Å². The Kier molecular flexibility index (Phi) is 4.18. The molecule has 0 bridgehead atoms. The highest BCUT2D eigenvalue weighted by Crippen LogP contribution is 2.28. The number of hydrogen-bond acceptors (Lipinski definition) is 3. The number of halogens is 1. The molecule has 0 atom stereocenters. The summed E-state index contributed by atoms with van der Waals surface area (Å²) < 4.78 is 24.3. The highest BCUT2D eigenvalue weighted by Gasteiger charge is 2.30. The average molecular weight is 242 g/mol. The molecule has 1 rings (SSSR count). The SMILES string of the molecule is CN(CC1CC(O)C1)S(=O)(=O)CCCl. The maximum absolute atomic E-state index is 11.5. The predicted molar refractivity (Wildman–Crippen MR) is 55.9 cm³/mol. The van der Waals surface area contributed by atoms with Crippen LogP contribution in [-0.2, 0) is 10.0 Å². The highest BCUT2D eigenvalue weighted by atomic mass is 35.5. The van der Waals surface area contributed by atoms with Gasteiger partial charge < -0.3 is 5.11 Å². The maximum Gasteiger partial charge on any atom is 0.215 e. The van der Waals surface area contributed by atoms with Crippen molar-refractivity contribution in [3.63, 3.8) is 0 Å². The van der Waals surface area contributed by atoms with Gasteiger partial charge in [-0.15, -0.1) is 11.6 Å². The van der Waals surface area contributed by atoms with Gasteiger partial charge in [-0.3, -0.25) is 0 Å². The number of aliphatic hydroxyl groups excluding tert-OH is 1. The zero-order chi connectivity index (χ0) is 10.8. The van der Waals surface area contributed by atoms with Crippen LogP contribution in [0.3, 0.4) is 0 Å². The molecule has 0 aliphatic heterocycles. The fraction of sp³-hybridized carbons (Fsp3) is 1.00. The van der Waals surface area contributed by atoms with Gasteiger partial charge in [-0.25, -0.2) is 12.7 Å². The first-order valence-electron chi connectivity index (χ1n) is 4.63. The van der Waals surface area contributed by atoms with Crippen molar-refractivity contribution in [2.75, 3.05) is 25.2 Å². The molecule has 84 valence electrons. The van der Waals surface area contributed by atoms with E-state index in [1.54, 1.807) is 7.05 Å². The van der Waals surface area contributed by atoms with Gasteiger partial charge in [-0.1, -0.05) is 0 Å². The van der Waals surface area contributed by atoms with Gasteiger partial charge in [0.2, 0.25) is 10.0 Å². The molecule has 1 N–H and O–H groups in total. The van der Waals surface area contributed by atoms with Crippen molar-refractivity contribution in [2.24, 2.45) is 5.92 Å². The predicted octanol–water partition coefficient (Wildman–Crippen LogP) is 0.258. The van der Waals surface area contributed by atoms with Gasteiger partial charge in [0, 0.05) is 19.5 Å². The van der Waals surface area contributed by atoms with Crippen molar-refractivity contribution in [1.29, 1.82) is 0 Å². The van der Waals surface area contributed by atoms with Crippen molar-refractivity contribution < 1.29 is 13.5 Å². The third-order valence-electron chi connectivity index (χ3n) is 2.54. The van der Waals surface area contributed by atoms with E-state index in [9.17, 15) is 8.42 Å². The minimum Gasteiger partial charge on any atom is -0.393 e. The molecule has 4 nitrogen and oxygen atoms in total. The molecular weight excluding hydrogens is 226 g/mol. The summed E-state index contributed by atoms with van der Waals surface area (Å²) in [5, 5.41) is 9.05. The third-order valence-corrected chi connectivity index (χ3v) is 4.77. The molecule has 1 aliphatic carbocycles. The fourth-order valence-corrected chi connectivity index (χ4v) is 3.11. The van der Waals surface area contributed by atoms with E-state index >= 15 is 0 Å². The van der Waals surface area contributed by atoms with E-state index in [4.69, 9.17) is 16.7 Å². The number of aliphatic hydroxyl groups is 1. The van der Waals surface area contributed by atoms with Crippen LogP contribution in [0.25, 0.3) is 0 Å². The monoisotopic (exact) mass is 241 g/mol. The standard InChI is InChI=1S/C8H16ClNO3S/c1-10(14(12,13)3-2-9)6-7-4-8(11)5-7/h7-8,11H,2-6H2,1H3. The summed E-state index contributed by atoms with van der Waals surface area (Å²) >= 11 is 5.39. The Hall–Kier alpha value is 0.160. The van der Waals surface area contributed by atoms with Gasteiger partial charge in [0.15, 0.2) is 0 Å².